The van der Waals surface area contributed by atoms with Gasteiger partial charge in [0.25, 0.3) is 23.3 Å². The molecule has 2 N–H and O–H groups in total. The average molecular weight is 628 g/mol. The summed E-state index contributed by atoms with van der Waals surface area (Å²) in [6.07, 6.45) is 3.10. The van der Waals surface area contributed by atoms with Crippen LogP contribution in [-0.4, -0.2) is 71.1 Å². The summed E-state index contributed by atoms with van der Waals surface area (Å²) in [7, 11) is 1.62. The number of anilines is 1. The molecule has 1 saturated heterocycles. The van der Waals surface area contributed by atoms with Gasteiger partial charge in [-0.05, 0) is 74.6 Å². The van der Waals surface area contributed by atoms with E-state index in [0.29, 0.717) is 18.7 Å². The predicted octanol–water partition coefficient (Wildman–Crippen LogP) is 4.64. The topological polar surface area (TPSA) is 115 Å². The number of carbonyl (C=O) groups excluding carboxylic acids is 2. The number of halogens is 3. The van der Waals surface area contributed by atoms with E-state index in [1.807, 2.05) is 6.92 Å². The van der Waals surface area contributed by atoms with Crippen LogP contribution in [0, 0.1) is 5.82 Å². The Morgan fingerprint density at radius 1 is 1.09 bits per heavy atom. The zero-order chi connectivity index (χ0) is 32.5. The summed E-state index contributed by atoms with van der Waals surface area (Å²) in [5.74, 6) is -5.05. The molecule has 1 saturated carbocycles. The Balaban J connectivity index is 1.48. The maximum absolute atomic E-state index is 14.3. The van der Waals surface area contributed by atoms with E-state index in [1.54, 1.807) is 31.7 Å². The highest BCUT2D eigenvalue weighted by atomic mass is 19.3. The van der Waals surface area contributed by atoms with Crippen LogP contribution in [0.5, 0.6) is 5.88 Å². The van der Waals surface area contributed by atoms with E-state index in [0.717, 1.165) is 35.4 Å². The average Bonchev–Trinajstić information content (AvgIpc) is 3.81. The SMILES string of the molecule is CO[C@@H](C)CNCc1cc(C(=O)Nc2cc(-c3ccc(F)cc3C(=O)N3CC(F)(F)C3)cc(OC(C)C)n2)c(=O)n(C2CC2)c1. The van der Waals surface area contributed by atoms with Gasteiger partial charge in [-0.25, -0.2) is 13.2 Å². The number of rotatable bonds is 12. The molecule has 1 aliphatic carbocycles. The monoisotopic (exact) mass is 627 g/mol. The van der Waals surface area contributed by atoms with E-state index in [9.17, 15) is 27.6 Å². The zero-order valence-corrected chi connectivity index (χ0v) is 25.5. The van der Waals surface area contributed by atoms with Crippen LogP contribution in [0.15, 0.2) is 47.4 Å². The van der Waals surface area contributed by atoms with Gasteiger partial charge in [-0.1, -0.05) is 6.07 Å². The minimum absolute atomic E-state index is 0.0150. The molecule has 1 aromatic carbocycles. The number of ether oxygens (including phenoxy) is 2. The molecule has 10 nitrogen and oxygen atoms in total. The van der Waals surface area contributed by atoms with Gasteiger partial charge in [0, 0.05) is 38.5 Å². The molecule has 1 aliphatic heterocycles. The highest BCUT2D eigenvalue weighted by Crippen LogP contribution is 2.35. The van der Waals surface area contributed by atoms with Crippen LogP contribution >= 0.6 is 0 Å². The summed E-state index contributed by atoms with van der Waals surface area (Å²) < 4.78 is 54.0. The number of carbonyl (C=O) groups is 2. The van der Waals surface area contributed by atoms with Crippen molar-refractivity contribution in [3.8, 4) is 17.0 Å². The third kappa shape index (κ3) is 7.71. The molecule has 0 unspecified atom stereocenters. The lowest BCUT2D eigenvalue weighted by atomic mass is 9.97. The molecular formula is C32H36F3N5O5. The van der Waals surface area contributed by atoms with Gasteiger partial charge in [0.2, 0.25) is 5.88 Å². The molecular weight excluding hydrogens is 591 g/mol. The van der Waals surface area contributed by atoms with Crippen molar-refractivity contribution in [2.75, 3.05) is 32.1 Å². The Labute approximate surface area is 258 Å². The fraction of sp³-hybridized carbons (Fsp3) is 0.438. The lowest BCUT2D eigenvalue weighted by Gasteiger charge is -2.39. The second-order valence-corrected chi connectivity index (χ2v) is 11.8. The van der Waals surface area contributed by atoms with Crippen molar-refractivity contribution in [3.63, 3.8) is 0 Å². The van der Waals surface area contributed by atoms with Crippen LogP contribution in [0.25, 0.3) is 11.1 Å². The lowest BCUT2D eigenvalue weighted by molar-refractivity contribution is -0.113. The predicted molar refractivity (Wildman–Crippen MR) is 161 cm³/mol. The molecule has 45 heavy (non-hydrogen) atoms. The van der Waals surface area contributed by atoms with E-state index in [-0.39, 0.29) is 46.6 Å². The smallest absolute Gasteiger partial charge is 0.282 e. The Morgan fingerprint density at radius 3 is 2.47 bits per heavy atom. The van der Waals surface area contributed by atoms with Gasteiger partial charge in [0.05, 0.1) is 30.9 Å². The largest absolute Gasteiger partial charge is 0.475 e. The number of alkyl halides is 2. The molecule has 0 spiro atoms. The molecule has 2 fully saturated rings. The first-order valence-corrected chi connectivity index (χ1v) is 14.8. The Bertz CT molecular complexity index is 1650. The summed E-state index contributed by atoms with van der Waals surface area (Å²) in [6.45, 7) is 4.92. The van der Waals surface area contributed by atoms with E-state index in [1.165, 1.54) is 24.3 Å². The van der Waals surface area contributed by atoms with Gasteiger partial charge in [-0.15, -0.1) is 0 Å². The first-order chi connectivity index (χ1) is 21.3. The molecule has 5 rings (SSSR count). The van der Waals surface area contributed by atoms with E-state index < -0.39 is 42.2 Å². The summed E-state index contributed by atoms with van der Waals surface area (Å²) >= 11 is 0. The minimum Gasteiger partial charge on any atom is -0.475 e. The van der Waals surface area contributed by atoms with Crippen molar-refractivity contribution in [1.82, 2.24) is 19.8 Å². The Hall–Kier alpha value is -4.23. The van der Waals surface area contributed by atoms with Gasteiger partial charge in [0.15, 0.2) is 0 Å². The Kier molecular flexibility index (Phi) is 9.31. The van der Waals surface area contributed by atoms with Gasteiger partial charge >= 0.3 is 0 Å². The second-order valence-electron chi connectivity index (χ2n) is 11.8. The van der Waals surface area contributed by atoms with Crippen molar-refractivity contribution < 1.29 is 32.2 Å². The number of hydrogen-bond donors (Lipinski definition) is 2. The first kappa shape index (κ1) is 32.2. The van der Waals surface area contributed by atoms with Crippen LogP contribution in [0.1, 0.15) is 65.9 Å². The van der Waals surface area contributed by atoms with Crippen LogP contribution in [-0.2, 0) is 11.3 Å². The highest BCUT2D eigenvalue weighted by Gasteiger charge is 2.46. The number of likely N-dealkylation sites (tertiary alicyclic amines) is 1. The van der Waals surface area contributed by atoms with E-state index >= 15 is 0 Å². The molecule has 1 atom stereocenters. The standard InChI is InChI=1S/C32H36F3N5O5/c1-18(2)45-28-11-21(24-8-5-22(33)12-25(24)30(42)39-16-32(34,35)17-39)10-27(37-28)38-29(41)26-9-20(14-36-13-19(3)44-4)15-40(31(26)43)23-6-7-23/h5,8-12,15,18-19,23,36H,6-7,13-14,16-17H2,1-4H3,(H,37,38,41)/t19-/m0/s1. The van der Waals surface area contributed by atoms with Crippen LogP contribution in [0.4, 0.5) is 19.0 Å². The van der Waals surface area contributed by atoms with Crippen molar-refractivity contribution >= 4 is 17.6 Å². The summed E-state index contributed by atoms with van der Waals surface area (Å²) in [6, 6.07) is 8.02. The number of nitrogens with one attached hydrogen (secondary N) is 2. The molecule has 2 amide bonds. The molecule has 0 radical (unpaired) electrons. The summed E-state index contributed by atoms with van der Waals surface area (Å²) in [5, 5.41) is 5.95. The maximum atomic E-state index is 14.3. The van der Waals surface area contributed by atoms with Crippen molar-refractivity contribution in [3.05, 3.63) is 75.5 Å². The molecule has 2 aliphatic rings. The minimum atomic E-state index is -3.00. The normalized spacial score (nSPS) is 16.3. The van der Waals surface area contributed by atoms with Crippen LogP contribution in [0.3, 0.4) is 0 Å². The number of pyridine rings is 2. The number of amides is 2. The number of aromatic nitrogens is 2. The van der Waals surface area contributed by atoms with Crippen molar-refractivity contribution in [2.45, 2.75) is 64.3 Å². The first-order valence-electron chi connectivity index (χ1n) is 14.8. The quantitative estimate of drug-likeness (QED) is 0.301. The van der Waals surface area contributed by atoms with Crippen molar-refractivity contribution in [2.24, 2.45) is 0 Å². The van der Waals surface area contributed by atoms with Gasteiger partial charge in [-0.3, -0.25) is 14.4 Å². The molecule has 3 aromatic rings. The number of benzene rings is 1. The molecule has 13 heteroatoms. The summed E-state index contributed by atoms with van der Waals surface area (Å²) in [5.41, 5.74) is 0.670. The third-order valence-corrected chi connectivity index (χ3v) is 7.50. The zero-order valence-electron chi connectivity index (χ0n) is 25.5. The van der Waals surface area contributed by atoms with Crippen LogP contribution in [0.2, 0.25) is 0 Å². The number of methoxy groups -OCH3 is 1. The van der Waals surface area contributed by atoms with Gasteiger partial charge in [0.1, 0.15) is 17.2 Å². The van der Waals surface area contributed by atoms with Gasteiger partial charge < -0.3 is 29.6 Å². The van der Waals surface area contributed by atoms with Gasteiger partial charge in [-0.2, -0.15) is 4.98 Å². The molecule has 2 aromatic heterocycles. The molecule has 0 bridgehead atoms. The van der Waals surface area contributed by atoms with Crippen molar-refractivity contribution in [1.29, 1.82) is 0 Å². The van der Waals surface area contributed by atoms with E-state index in [4.69, 9.17) is 9.47 Å². The van der Waals surface area contributed by atoms with E-state index in [2.05, 4.69) is 15.6 Å². The fourth-order valence-corrected chi connectivity index (χ4v) is 5.03. The summed E-state index contributed by atoms with van der Waals surface area (Å²) in [4.78, 5) is 45.4. The highest BCUT2D eigenvalue weighted by molar-refractivity contribution is 6.05. The number of nitrogens with zero attached hydrogens (tertiary/aromatic N) is 3. The lowest BCUT2D eigenvalue weighted by Crippen LogP contribution is -2.58. The third-order valence-electron chi connectivity index (χ3n) is 7.50. The molecule has 3 heterocycles. The van der Waals surface area contributed by atoms with Crippen LogP contribution < -0.4 is 20.9 Å². The maximum Gasteiger partial charge on any atom is 0.282 e. The fourth-order valence-electron chi connectivity index (χ4n) is 5.03. The molecule has 240 valence electrons. The second kappa shape index (κ2) is 13.0. The Morgan fingerprint density at radius 2 is 1.82 bits per heavy atom. The number of hydrogen-bond acceptors (Lipinski definition) is 7.